The van der Waals surface area contributed by atoms with Gasteiger partial charge in [0, 0.05) is 24.9 Å². The van der Waals surface area contributed by atoms with Gasteiger partial charge in [-0.2, -0.15) is 10.5 Å². The van der Waals surface area contributed by atoms with E-state index in [-0.39, 0.29) is 17.1 Å². The molecule has 0 atom stereocenters. The summed E-state index contributed by atoms with van der Waals surface area (Å²) in [5.74, 6) is 1.17. The first-order valence-corrected chi connectivity index (χ1v) is 6.65. The zero-order chi connectivity index (χ0) is 16.8. The van der Waals surface area contributed by atoms with E-state index in [0.717, 1.165) is 0 Å². The Kier molecular flexibility index (Phi) is 4.81. The number of carbonyl (C=O) groups excluding carboxylic acids is 1. The molecule has 1 N–H and O–H groups in total. The van der Waals surface area contributed by atoms with Gasteiger partial charge in [0.15, 0.2) is 11.5 Å². The predicted octanol–water partition coefficient (Wildman–Crippen LogP) is 3.50. The summed E-state index contributed by atoms with van der Waals surface area (Å²) in [7, 11) is 1.52. The fourth-order valence-electron chi connectivity index (χ4n) is 1.90. The fraction of sp³-hybridized carbons (Fsp3) is 0.118. The molecule has 0 unspecified atom stereocenters. The van der Waals surface area contributed by atoms with Gasteiger partial charge in [-0.1, -0.05) is 0 Å². The molecule has 0 saturated heterocycles. The van der Waals surface area contributed by atoms with Crippen molar-refractivity contribution in [2.45, 2.75) is 6.92 Å². The van der Waals surface area contributed by atoms with Gasteiger partial charge in [0.2, 0.25) is 0 Å². The third-order valence-corrected chi connectivity index (χ3v) is 3.04. The summed E-state index contributed by atoms with van der Waals surface area (Å²) in [6, 6.07) is 12.0. The molecule has 1 aromatic carbocycles. The molecular formula is C17H13N3O3. The molecule has 0 aliphatic rings. The van der Waals surface area contributed by atoms with Crippen molar-refractivity contribution in [1.29, 1.82) is 10.5 Å². The van der Waals surface area contributed by atoms with Crippen LogP contribution in [0.2, 0.25) is 0 Å². The zero-order valence-corrected chi connectivity index (χ0v) is 12.6. The summed E-state index contributed by atoms with van der Waals surface area (Å²) in [5.41, 5.74) is 1.30. The second-order valence-corrected chi connectivity index (χ2v) is 4.56. The monoisotopic (exact) mass is 307 g/mol. The molecule has 0 bridgehead atoms. The normalized spacial score (nSPS) is 9.39. The van der Waals surface area contributed by atoms with Gasteiger partial charge < -0.3 is 14.5 Å². The quantitative estimate of drug-likeness (QED) is 0.670. The first kappa shape index (κ1) is 15.9. The number of methoxy groups -OCH3 is 1. The molecule has 1 heterocycles. The Labute approximate surface area is 133 Å². The van der Waals surface area contributed by atoms with E-state index < -0.39 is 0 Å². The van der Waals surface area contributed by atoms with E-state index in [9.17, 15) is 4.79 Å². The topological polar surface area (TPSA) is 99.0 Å². The van der Waals surface area contributed by atoms with Gasteiger partial charge in [0.1, 0.15) is 29.2 Å². The number of hydrogen-bond donors (Lipinski definition) is 1. The van der Waals surface area contributed by atoms with Crippen LogP contribution in [0.3, 0.4) is 0 Å². The van der Waals surface area contributed by atoms with Crippen LogP contribution in [0.4, 0.5) is 5.69 Å². The van der Waals surface area contributed by atoms with Gasteiger partial charge in [0.25, 0.3) is 0 Å². The van der Waals surface area contributed by atoms with E-state index in [1.807, 2.05) is 0 Å². The highest BCUT2D eigenvalue weighted by molar-refractivity contribution is 5.92. The molecule has 23 heavy (non-hydrogen) atoms. The second-order valence-electron chi connectivity index (χ2n) is 4.56. The van der Waals surface area contributed by atoms with E-state index >= 15 is 0 Å². The number of hydrogen-bond acceptors (Lipinski definition) is 6. The van der Waals surface area contributed by atoms with Crippen LogP contribution in [0.15, 0.2) is 46.5 Å². The zero-order valence-electron chi connectivity index (χ0n) is 12.6. The lowest BCUT2D eigenvalue weighted by atomic mass is 10.1. The Bertz CT molecular complexity index is 835. The molecule has 2 rings (SSSR count). The minimum atomic E-state index is -0.154. The maximum Gasteiger partial charge on any atom is 0.194 e. The summed E-state index contributed by atoms with van der Waals surface area (Å²) < 4.78 is 10.8. The first-order valence-electron chi connectivity index (χ1n) is 6.65. The van der Waals surface area contributed by atoms with Crippen molar-refractivity contribution in [2.75, 3.05) is 12.4 Å². The Morgan fingerprint density at radius 3 is 2.57 bits per heavy atom. The number of nitriles is 2. The van der Waals surface area contributed by atoms with E-state index in [1.54, 1.807) is 42.5 Å². The Hall–Kier alpha value is -3.51. The third-order valence-electron chi connectivity index (χ3n) is 3.04. The number of nitrogens with one attached hydrogen (secondary N) is 1. The van der Waals surface area contributed by atoms with Gasteiger partial charge in [-0.15, -0.1) is 0 Å². The third kappa shape index (κ3) is 3.58. The number of allylic oxidation sites excluding steroid dienone is 1. The van der Waals surface area contributed by atoms with E-state index in [1.165, 1.54) is 20.2 Å². The highest BCUT2D eigenvalue weighted by atomic mass is 16.5. The molecule has 0 spiro atoms. The molecular weight excluding hydrogens is 294 g/mol. The average Bonchev–Trinajstić information content (AvgIpc) is 3.05. The maximum absolute atomic E-state index is 11.3. The van der Waals surface area contributed by atoms with Gasteiger partial charge in [-0.25, -0.2) is 0 Å². The SMILES string of the molecule is COc1cc(NC=C(C#N)C#N)ccc1-c1ccc(C(C)=O)o1. The number of ether oxygens (including phenoxy) is 1. The van der Waals surface area contributed by atoms with Crippen LogP contribution in [0.5, 0.6) is 5.75 Å². The fourth-order valence-corrected chi connectivity index (χ4v) is 1.90. The Morgan fingerprint density at radius 2 is 2.00 bits per heavy atom. The van der Waals surface area contributed by atoms with Crippen molar-refractivity contribution >= 4 is 11.5 Å². The van der Waals surface area contributed by atoms with E-state index in [2.05, 4.69) is 5.32 Å². The minimum absolute atomic E-state index is 0.0369. The number of carbonyl (C=O) groups is 1. The molecule has 0 saturated carbocycles. The molecule has 0 aliphatic carbocycles. The number of rotatable bonds is 5. The lowest BCUT2D eigenvalue weighted by molar-refractivity contribution is 0.0988. The van der Waals surface area contributed by atoms with Crippen molar-refractivity contribution in [3.63, 3.8) is 0 Å². The van der Waals surface area contributed by atoms with Crippen molar-refractivity contribution in [3.8, 4) is 29.2 Å². The summed E-state index contributed by atoms with van der Waals surface area (Å²) in [6.45, 7) is 1.43. The maximum atomic E-state index is 11.3. The second kappa shape index (κ2) is 6.97. The number of Topliss-reactive ketones (excluding diaryl/α,β-unsaturated/α-hetero) is 1. The number of anilines is 1. The first-order chi connectivity index (χ1) is 11.1. The van der Waals surface area contributed by atoms with Crippen molar-refractivity contribution in [3.05, 3.63) is 47.9 Å². The van der Waals surface area contributed by atoms with Gasteiger partial charge >= 0.3 is 0 Å². The molecule has 6 nitrogen and oxygen atoms in total. The molecule has 6 heteroatoms. The van der Waals surface area contributed by atoms with Crippen molar-refractivity contribution < 1.29 is 13.9 Å². The number of benzene rings is 1. The smallest absolute Gasteiger partial charge is 0.194 e. The van der Waals surface area contributed by atoms with Crippen LogP contribution in [0.25, 0.3) is 11.3 Å². The molecule has 0 radical (unpaired) electrons. The minimum Gasteiger partial charge on any atom is -0.496 e. The largest absolute Gasteiger partial charge is 0.496 e. The van der Waals surface area contributed by atoms with Gasteiger partial charge in [0.05, 0.1) is 12.7 Å². The summed E-state index contributed by atoms with van der Waals surface area (Å²) in [5, 5.41) is 20.3. The Balaban J connectivity index is 2.33. The molecule has 0 aliphatic heterocycles. The summed E-state index contributed by atoms with van der Waals surface area (Å²) >= 11 is 0. The summed E-state index contributed by atoms with van der Waals surface area (Å²) in [4.78, 5) is 11.3. The van der Waals surface area contributed by atoms with Crippen LogP contribution in [0.1, 0.15) is 17.5 Å². The van der Waals surface area contributed by atoms with Crippen LogP contribution in [-0.4, -0.2) is 12.9 Å². The molecule has 0 fully saturated rings. The van der Waals surface area contributed by atoms with Crippen LogP contribution >= 0.6 is 0 Å². The lowest BCUT2D eigenvalue weighted by Crippen LogP contribution is -1.93. The average molecular weight is 307 g/mol. The van der Waals surface area contributed by atoms with Gasteiger partial charge in [-0.05, 0) is 24.3 Å². The highest BCUT2D eigenvalue weighted by Gasteiger charge is 2.13. The van der Waals surface area contributed by atoms with E-state index in [0.29, 0.717) is 22.8 Å². The predicted molar refractivity (Wildman–Crippen MR) is 83.6 cm³/mol. The summed E-state index contributed by atoms with van der Waals surface area (Å²) in [6.07, 6.45) is 1.31. The highest BCUT2D eigenvalue weighted by Crippen LogP contribution is 2.33. The van der Waals surface area contributed by atoms with Gasteiger partial charge in [-0.3, -0.25) is 4.79 Å². The molecule has 0 amide bonds. The Morgan fingerprint density at radius 1 is 1.26 bits per heavy atom. The number of nitrogens with zero attached hydrogens (tertiary/aromatic N) is 2. The molecule has 2 aromatic rings. The number of ketones is 1. The molecule has 1 aromatic heterocycles. The van der Waals surface area contributed by atoms with Crippen LogP contribution in [0, 0.1) is 22.7 Å². The van der Waals surface area contributed by atoms with E-state index in [4.69, 9.17) is 19.7 Å². The standard InChI is InChI=1S/C17H13N3O3/c1-11(21)15-5-6-16(23-15)14-4-3-13(7-17(14)22-2)20-10-12(8-18)9-19/h3-7,10,20H,1-2H3. The van der Waals surface area contributed by atoms with Crippen LogP contribution in [-0.2, 0) is 0 Å². The lowest BCUT2D eigenvalue weighted by Gasteiger charge is -2.09. The number of furan rings is 1. The van der Waals surface area contributed by atoms with Crippen LogP contribution < -0.4 is 10.1 Å². The van der Waals surface area contributed by atoms with Crippen molar-refractivity contribution in [1.82, 2.24) is 0 Å². The molecule has 114 valence electrons. The van der Waals surface area contributed by atoms with Crippen molar-refractivity contribution in [2.24, 2.45) is 0 Å².